The highest BCUT2D eigenvalue weighted by Crippen LogP contribution is 2.25. The van der Waals surface area contributed by atoms with E-state index in [-0.39, 0.29) is 0 Å². The van der Waals surface area contributed by atoms with E-state index in [2.05, 4.69) is 36.9 Å². The Labute approximate surface area is 139 Å². The van der Waals surface area contributed by atoms with Crippen molar-refractivity contribution in [1.82, 2.24) is 9.55 Å². The smallest absolute Gasteiger partial charge is 0.111 e. The van der Waals surface area contributed by atoms with E-state index in [1.54, 1.807) is 11.3 Å². The van der Waals surface area contributed by atoms with E-state index in [0.717, 1.165) is 34.3 Å². The molecule has 0 fully saturated rings. The van der Waals surface area contributed by atoms with Crippen molar-refractivity contribution >= 4 is 61.5 Å². The lowest BCUT2D eigenvalue weighted by Gasteiger charge is -2.06. The van der Waals surface area contributed by atoms with Crippen LogP contribution in [0.3, 0.4) is 0 Å². The van der Waals surface area contributed by atoms with Gasteiger partial charge in [0.25, 0.3) is 0 Å². The van der Waals surface area contributed by atoms with Gasteiger partial charge in [0, 0.05) is 32.1 Å². The molecule has 0 N–H and O–H groups in total. The number of alkyl halides is 1. The molecule has 0 aliphatic heterocycles. The Morgan fingerprint density at radius 2 is 2.15 bits per heavy atom. The first kappa shape index (κ1) is 14.4. The second-order valence-electron chi connectivity index (χ2n) is 4.42. The van der Waals surface area contributed by atoms with Gasteiger partial charge in [0.2, 0.25) is 0 Å². The number of thiophene rings is 1. The molecule has 2 heterocycles. The third-order valence-corrected chi connectivity index (χ3v) is 5.15. The molecule has 3 rings (SSSR count). The minimum absolute atomic E-state index is 0.561. The number of imidazole rings is 1. The molecule has 0 saturated carbocycles. The highest BCUT2D eigenvalue weighted by molar-refractivity contribution is 9.10. The van der Waals surface area contributed by atoms with Crippen molar-refractivity contribution < 1.29 is 0 Å². The lowest BCUT2D eigenvalue weighted by atomic mass is 10.3. The molecule has 20 heavy (non-hydrogen) atoms. The maximum atomic E-state index is 6.04. The van der Waals surface area contributed by atoms with E-state index in [1.165, 1.54) is 4.88 Å². The summed E-state index contributed by atoms with van der Waals surface area (Å²) in [5, 5.41) is 2.80. The maximum Gasteiger partial charge on any atom is 0.111 e. The van der Waals surface area contributed by atoms with Crippen molar-refractivity contribution in [3.63, 3.8) is 0 Å². The topological polar surface area (TPSA) is 17.8 Å². The summed E-state index contributed by atoms with van der Waals surface area (Å²) in [4.78, 5) is 5.93. The van der Waals surface area contributed by atoms with Gasteiger partial charge in [0.15, 0.2) is 0 Å². The van der Waals surface area contributed by atoms with E-state index in [9.17, 15) is 0 Å². The van der Waals surface area contributed by atoms with Gasteiger partial charge < -0.3 is 4.57 Å². The molecule has 0 atom stereocenters. The molecule has 0 saturated heterocycles. The zero-order chi connectivity index (χ0) is 14.1. The maximum absolute atomic E-state index is 6.04. The summed E-state index contributed by atoms with van der Waals surface area (Å²) in [6.07, 6.45) is 0.750. The van der Waals surface area contributed by atoms with Crippen molar-refractivity contribution in [3.05, 3.63) is 49.8 Å². The van der Waals surface area contributed by atoms with E-state index in [1.807, 2.05) is 18.2 Å². The first-order chi connectivity index (χ1) is 9.67. The average molecular weight is 390 g/mol. The fourth-order valence-electron chi connectivity index (χ4n) is 2.20. The van der Waals surface area contributed by atoms with Crippen molar-refractivity contribution in [2.24, 2.45) is 0 Å². The van der Waals surface area contributed by atoms with E-state index in [0.29, 0.717) is 10.9 Å². The molecule has 2 aromatic heterocycles. The molecule has 0 amide bonds. The monoisotopic (exact) mass is 388 g/mol. The van der Waals surface area contributed by atoms with E-state index < -0.39 is 0 Å². The molecule has 6 heteroatoms. The lowest BCUT2D eigenvalue weighted by molar-refractivity contribution is 0.763. The van der Waals surface area contributed by atoms with E-state index in [4.69, 9.17) is 23.2 Å². The van der Waals surface area contributed by atoms with Gasteiger partial charge in [-0.05, 0) is 40.2 Å². The Morgan fingerprint density at radius 1 is 1.30 bits per heavy atom. The minimum atomic E-state index is 0.561. The summed E-state index contributed by atoms with van der Waals surface area (Å²) >= 11 is 17.2. The van der Waals surface area contributed by atoms with Crippen LogP contribution in [0.1, 0.15) is 10.7 Å². The summed E-state index contributed by atoms with van der Waals surface area (Å²) in [5.74, 6) is 1.56. The molecular weight excluding hydrogens is 379 g/mol. The number of aryl methyl sites for hydroxylation is 1. The van der Waals surface area contributed by atoms with Gasteiger partial charge in [-0.1, -0.05) is 11.6 Å². The van der Waals surface area contributed by atoms with Gasteiger partial charge in [0.05, 0.1) is 17.6 Å². The van der Waals surface area contributed by atoms with Crippen LogP contribution in [0.4, 0.5) is 0 Å². The molecule has 0 bridgehead atoms. The van der Waals surface area contributed by atoms with Gasteiger partial charge in [-0.2, -0.15) is 0 Å². The van der Waals surface area contributed by atoms with Gasteiger partial charge in [-0.15, -0.1) is 22.9 Å². The van der Waals surface area contributed by atoms with Crippen LogP contribution in [-0.4, -0.2) is 15.4 Å². The molecule has 3 aromatic rings. The summed E-state index contributed by atoms with van der Waals surface area (Å²) < 4.78 is 3.33. The van der Waals surface area contributed by atoms with Crippen LogP contribution >= 0.6 is 50.5 Å². The predicted octanol–water partition coefficient (Wildman–Crippen LogP) is 5.34. The van der Waals surface area contributed by atoms with Gasteiger partial charge in [-0.25, -0.2) is 4.98 Å². The highest BCUT2D eigenvalue weighted by Gasteiger charge is 2.12. The number of rotatable bonds is 4. The molecule has 0 unspecified atom stereocenters. The second kappa shape index (κ2) is 6.06. The molecule has 0 aliphatic carbocycles. The Kier molecular flexibility index (Phi) is 4.36. The molecule has 0 aliphatic rings. The zero-order valence-electron chi connectivity index (χ0n) is 10.4. The lowest BCUT2D eigenvalue weighted by Crippen LogP contribution is -2.04. The quantitative estimate of drug-likeness (QED) is 0.550. The van der Waals surface area contributed by atoms with Crippen LogP contribution in [0.2, 0.25) is 5.02 Å². The number of fused-ring (bicyclic) bond motifs is 1. The zero-order valence-corrected chi connectivity index (χ0v) is 14.4. The Balaban J connectivity index is 2.08. The fraction of sp³-hybridized carbons (Fsp3) is 0.214. The van der Waals surface area contributed by atoms with Crippen molar-refractivity contribution in [3.8, 4) is 0 Å². The summed E-state index contributed by atoms with van der Waals surface area (Å²) in [5.41, 5.74) is 2.02. The summed E-state index contributed by atoms with van der Waals surface area (Å²) in [6, 6.07) is 7.95. The molecule has 104 valence electrons. The van der Waals surface area contributed by atoms with Gasteiger partial charge >= 0.3 is 0 Å². The number of benzene rings is 1. The Hall–Kier alpha value is -0.550. The summed E-state index contributed by atoms with van der Waals surface area (Å²) in [7, 11) is 0. The van der Waals surface area contributed by atoms with Crippen molar-refractivity contribution in [1.29, 1.82) is 0 Å². The van der Waals surface area contributed by atoms with Gasteiger partial charge in [0.1, 0.15) is 5.82 Å². The number of nitrogens with zero attached hydrogens (tertiary/aromatic N) is 2. The van der Waals surface area contributed by atoms with Crippen molar-refractivity contribution in [2.75, 3.05) is 5.88 Å². The SMILES string of the molecule is ClCCc1nc2cc(Cl)ccc2n1Cc1cc(Br)cs1. The standard InChI is InChI=1S/C14H11BrCl2N2S/c15-9-5-11(20-8-9)7-19-13-2-1-10(17)6-12(13)18-14(19)3-4-16/h1-2,5-6,8H,3-4,7H2. The first-order valence-corrected chi connectivity index (χ1v) is 8.69. The fourth-order valence-corrected chi connectivity index (χ4v) is 3.97. The minimum Gasteiger partial charge on any atom is -0.323 e. The Bertz CT molecular complexity index is 751. The van der Waals surface area contributed by atoms with Crippen LogP contribution in [0, 0.1) is 0 Å². The molecular formula is C14H11BrCl2N2S. The molecule has 0 spiro atoms. The van der Waals surface area contributed by atoms with Crippen LogP contribution in [0.15, 0.2) is 34.1 Å². The van der Waals surface area contributed by atoms with Gasteiger partial charge in [-0.3, -0.25) is 0 Å². The third kappa shape index (κ3) is 2.89. The number of hydrogen-bond acceptors (Lipinski definition) is 2. The second-order valence-corrected chi connectivity index (χ2v) is 7.14. The molecule has 0 radical (unpaired) electrons. The predicted molar refractivity (Wildman–Crippen MR) is 90.3 cm³/mol. The number of hydrogen-bond donors (Lipinski definition) is 0. The first-order valence-electron chi connectivity index (χ1n) is 6.11. The molecule has 1 aromatic carbocycles. The molecule has 2 nitrogen and oxygen atoms in total. The van der Waals surface area contributed by atoms with Crippen LogP contribution < -0.4 is 0 Å². The number of aromatic nitrogens is 2. The van der Waals surface area contributed by atoms with E-state index >= 15 is 0 Å². The van der Waals surface area contributed by atoms with Crippen LogP contribution in [0.5, 0.6) is 0 Å². The Morgan fingerprint density at radius 3 is 2.85 bits per heavy atom. The van der Waals surface area contributed by atoms with Crippen LogP contribution in [0.25, 0.3) is 11.0 Å². The normalized spacial score (nSPS) is 11.3. The number of halogens is 3. The average Bonchev–Trinajstić information content (AvgIpc) is 2.95. The van der Waals surface area contributed by atoms with Crippen LogP contribution in [-0.2, 0) is 13.0 Å². The summed E-state index contributed by atoms with van der Waals surface area (Å²) in [6.45, 7) is 0.806. The third-order valence-electron chi connectivity index (χ3n) is 3.04. The van der Waals surface area contributed by atoms with Crippen molar-refractivity contribution in [2.45, 2.75) is 13.0 Å². The highest BCUT2D eigenvalue weighted by atomic mass is 79.9. The largest absolute Gasteiger partial charge is 0.323 e.